The van der Waals surface area contributed by atoms with Gasteiger partial charge in [0.05, 0.1) is 7.11 Å². The van der Waals surface area contributed by atoms with Gasteiger partial charge in [-0.05, 0) is 90.2 Å². The molecule has 2 heterocycles. The summed E-state index contributed by atoms with van der Waals surface area (Å²) in [5.74, 6) is 0.761. The molecule has 0 saturated carbocycles. The highest BCUT2D eigenvalue weighted by Crippen LogP contribution is 2.60. The Kier molecular flexibility index (Phi) is 7.03. The van der Waals surface area contributed by atoms with Gasteiger partial charge in [0.25, 0.3) is 0 Å². The Balaban J connectivity index is 1.40. The number of methoxy groups -OCH3 is 2. The first-order valence-corrected chi connectivity index (χ1v) is 16.5. The number of anilines is 1. The first kappa shape index (κ1) is 29.6. The molecule has 6 heteroatoms. The molecular formula is C41H38FNO4. The fraction of sp³-hybridized carbons (Fsp3) is 0.268. The molecule has 8 rings (SSSR count). The van der Waals surface area contributed by atoms with Crippen LogP contribution in [0.1, 0.15) is 60.4 Å². The van der Waals surface area contributed by atoms with Crippen molar-refractivity contribution in [2.24, 2.45) is 0 Å². The first-order valence-electron chi connectivity index (χ1n) is 16.5. The molecule has 1 saturated heterocycles. The number of phenols is 1. The van der Waals surface area contributed by atoms with E-state index in [2.05, 4.69) is 60.4 Å². The van der Waals surface area contributed by atoms with Crippen molar-refractivity contribution in [2.45, 2.75) is 43.8 Å². The highest BCUT2D eigenvalue weighted by atomic mass is 19.1. The summed E-state index contributed by atoms with van der Waals surface area (Å²) in [5, 5.41) is 12.8. The Labute approximate surface area is 274 Å². The van der Waals surface area contributed by atoms with Crippen molar-refractivity contribution in [2.75, 3.05) is 32.2 Å². The Bertz CT molecular complexity index is 2020. The Morgan fingerprint density at radius 2 is 1.57 bits per heavy atom. The van der Waals surface area contributed by atoms with E-state index in [1.165, 1.54) is 37.1 Å². The number of nitrogens with zero attached hydrogens (tertiary/aromatic N) is 1. The lowest BCUT2D eigenvalue weighted by molar-refractivity contribution is 0.0219. The minimum absolute atomic E-state index is 0.0514. The fourth-order valence-corrected chi connectivity index (χ4v) is 8.18. The van der Waals surface area contributed by atoms with Crippen molar-refractivity contribution >= 4 is 22.5 Å². The van der Waals surface area contributed by atoms with Crippen molar-refractivity contribution in [1.82, 2.24) is 0 Å². The number of ether oxygens (including phenoxy) is 3. The van der Waals surface area contributed by atoms with Crippen LogP contribution in [0, 0.1) is 5.82 Å². The van der Waals surface area contributed by atoms with Gasteiger partial charge in [-0.2, -0.15) is 0 Å². The van der Waals surface area contributed by atoms with E-state index in [1.807, 2.05) is 18.2 Å². The molecule has 1 aliphatic carbocycles. The summed E-state index contributed by atoms with van der Waals surface area (Å²) >= 11 is 0. The molecule has 238 valence electrons. The van der Waals surface area contributed by atoms with E-state index < -0.39 is 11.2 Å². The summed E-state index contributed by atoms with van der Waals surface area (Å²) in [7, 11) is 3.31. The van der Waals surface area contributed by atoms with Crippen LogP contribution in [0.4, 0.5) is 10.1 Å². The van der Waals surface area contributed by atoms with E-state index in [1.54, 1.807) is 32.4 Å². The lowest BCUT2D eigenvalue weighted by Crippen LogP contribution is -2.36. The minimum Gasteiger partial charge on any atom is -0.504 e. The monoisotopic (exact) mass is 627 g/mol. The summed E-state index contributed by atoms with van der Waals surface area (Å²) in [5.41, 5.74) is 6.26. The molecule has 2 unspecified atom stereocenters. The van der Waals surface area contributed by atoms with Crippen LogP contribution in [0.5, 0.6) is 17.2 Å². The van der Waals surface area contributed by atoms with Gasteiger partial charge in [-0.15, -0.1) is 0 Å². The van der Waals surface area contributed by atoms with Crippen LogP contribution in [-0.4, -0.2) is 32.4 Å². The summed E-state index contributed by atoms with van der Waals surface area (Å²) in [4.78, 5) is 2.44. The normalized spacial score (nSPS) is 21.2. The molecule has 3 aliphatic rings. The average Bonchev–Trinajstić information content (AvgIpc) is 3.43. The summed E-state index contributed by atoms with van der Waals surface area (Å²) in [6.45, 7) is 4.25. The number of piperidine rings is 1. The van der Waals surface area contributed by atoms with E-state index in [0.717, 1.165) is 62.8 Å². The molecule has 2 atom stereocenters. The molecule has 5 aromatic rings. The van der Waals surface area contributed by atoms with Crippen LogP contribution < -0.4 is 14.4 Å². The SMILES string of the molecule is CCC1(OC)c2ccccc2-c2c1c1c(c3cc(OC)c(O)cc23)OC(c2ccc(F)cc2)(c2ccc(N3CCCCC3)cc2)C=C1. The maximum absolute atomic E-state index is 14.3. The average molecular weight is 628 g/mol. The summed E-state index contributed by atoms with van der Waals surface area (Å²) in [6.07, 6.45) is 8.61. The lowest BCUT2D eigenvalue weighted by Gasteiger charge is -2.39. The third kappa shape index (κ3) is 4.31. The van der Waals surface area contributed by atoms with Crippen LogP contribution in [0.15, 0.2) is 91.0 Å². The predicted octanol–water partition coefficient (Wildman–Crippen LogP) is 9.31. The number of fused-ring (bicyclic) bond motifs is 8. The zero-order valence-corrected chi connectivity index (χ0v) is 27.0. The van der Waals surface area contributed by atoms with Gasteiger partial charge in [-0.25, -0.2) is 4.39 Å². The van der Waals surface area contributed by atoms with Crippen LogP contribution in [-0.2, 0) is 15.9 Å². The molecule has 0 aromatic heterocycles. The van der Waals surface area contributed by atoms with Crippen LogP contribution >= 0.6 is 0 Å². The van der Waals surface area contributed by atoms with Crippen molar-refractivity contribution in [3.8, 4) is 28.4 Å². The molecule has 5 aromatic carbocycles. The quantitative estimate of drug-likeness (QED) is 0.203. The van der Waals surface area contributed by atoms with E-state index >= 15 is 0 Å². The zero-order valence-electron chi connectivity index (χ0n) is 27.0. The number of phenolic OH excluding ortho intramolecular Hbond substituents is 1. The molecule has 0 radical (unpaired) electrons. The largest absolute Gasteiger partial charge is 0.504 e. The standard InChI is InChI=1S/C41H38FNO4/c1-4-40(46-3)34-11-7-6-10-30(34)37-32-24-35(44)36(45-2)25-33(32)39-31(38(37)40)20-21-41(47-39,26-12-16-28(42)17-13-26)27-14-18-29(19-15-27)43-22-8-5-9-23-43/h6-7,10-21,24-25,44H,4-5,8-9,22-23H2,1-3H3. The van der Waals surface area contributed by atoms with E-state index in [9.17, 15) is 9.50 Å². The molecular weight excluding hydrogens is 589 g/mol. The van der Waals surface area contributed by atoms with E-state index in [4.69, 9.17) is 14.2 Å². The topological polar surface area (TPSA) is 51.2 Å². The summed E-state index contributed by atoms with van der Waals surface area (Å²) in [6, 6.07) is 27.1. The van der Waals surface area contributed by atoms with Gasteiger partial charge in [0, 0.05) is 53.5 Å². The second-order valence-electron chi connectivity index (χ2n) is 12.8. The van der Waals surface area contributed by atoms with Crippen LogP contribution in [0.25, 0.3) is 28.0 Å². The van der Waals surface area contributed by atoms with Crippen LogP contribution in [0.2, 0.25) is 0 Å². The second-order valence-corrected chi connectivity index (χ2v) is 12.8. The molecule has 47 heavy (non-hydrogen) atoms. The van der Waals surface area contributed by atoms with Crippen LogP contribution in [0.3, 0.4) is 0 Å². The van der Waals surface area contributed by atoms with Crippen molar-refractivity contribution < 1.29 is 23.7 Å². The van der Waals surface area contributed by atoms with Gasteiger partial charge in [0.1, 0.15) is 17.2 Å². The molecule has 0 bridgehead atoms. The van der Waals surface area contributed by atoms with Gasteiger partial charge in [-0.3, -0.25) is 0 Å². The highest BCUT2D eigenvalue weighted by Gasteiger charge is 2.48. The molecule has 2 aliphatic heterocycles. The number of benzene rings is 5. The number of hydrogen-bond acceptors (Lipinski definition) is 5. The molecule has 5 nitrogen and oxygen atoms in total. The van der Waals surface area contributed by atoms with E-state index in [0.29, 0.717) is 17.9 Å². The number of halogens is 1. The lowest BCUT2D eigenvalue weighted by atomic mass is 9.79. The maximum atomic E-state index is 14.3. The fourth-order valence-electron chi connectivity index (χ4n) is 8.18. The van der Waals surface area contributed by atoms with E-state index in [-0.39, 0.29) is 11.6 Å². The Hall–Kier alpha value is -4.81. The number of rotatable bonds is 6. The van der Waals surface area contributed by atoms with Gasteiger partial charge < -0.3 is 24.2 Å². The van der Waals surface area contributed by atoms with Gasteiger partial charge >= 0.3 is 0 Å². The number of hydrogen-bond donors (Lipinski definition) is 1. The number of aromatic hydroxyl groups is 1. The highest BCUT2D eigenvalue weighted by molar-refractivity contribution is 6.09. The Morgan fingerprint density at radius 3 is 2.26 bits per heavy atom. The van der Waals surface area contributed by atoms with Gasteiger partial charge in [0.2, 0.25) is 0 Å². The Morgan fingerprint density at radius 1 is 0.872 bits per heavy atom. The van der Waals surface area contributed by atoms with Gasteiger partial charge in [0.15, 0.2) is 17.1 Å². The molecule has 1 N–H and O–H groups in total. The third-order valence-corrected chi connectivity index (χ3v) is 10.5. The van der Waals surface area contributed by atoms with Crippen molar-refractivity contribution in [3.05, 3.63) is 125 Å². The zero-order chi connectivity index (χ0) is 32.3. The predicted molar refractivity (Wildman–Crippen MR) is 185 cm³/mol. The maximum Gasteiger partial charge on any atom is 0.178 e. The summed E-state index contributed by atoms with van der Waals surface area (Å²) < 4.78 is 33.8. The van der Waals surface area contributed by atoms with Crippen molar-refractivity contribution in [1.29, 1.82) is 0 Å². The molecule has 1 fully saturated rings. The molecule has 0 amide bonds. The minimum atomic E-state index is -1.05. The van der Waals surface area contributed by atoms with Gasteiger partial charge in [-0.1, -0.05) is 61.5 Å². The van der Waals surface area contributed by atoms with Crippen molar-refractivity contribution in [3.63, 3.8) is 0 Å². The smallest absolute Gasteiger partial charge is 0.178 e. The molecule has 0 spiro atoms. The third-order valence-electron chi connectivity index (χ3n) is 10.5. The second kappa shape index (κ2) is 11.2. The first-order chi connectivity index (χ1) is 22.9.